The summed E-state index contributed by atoms with van der Waals surface area (Å²) in [5.74, 6) is -0.233. The van der Waals surface area contributed by atoms with Crippen molar-refractivity contribution in [3.8, 4) is 5.75 Å². The molecule has 2 heterocycles. The maximum atomic E-state index is 12.3. The number of carbonyl (C=O) groups is 1. The number of phenolic OH excluding ortho intramolecular Hbond substituents is 1. The molecule has 3 aromatic rings. The third-order valence-corrected chi connectivity index (χ3v) is 4.01. The molecule has 9 heteroatoms. The quantitative estimate of drug-likeness (QED) is 0.655. The average Bonchev–Trinajstić information content (AvgIpc) is 2.97. The van der Waals surface area contributed by atoms with Crippen molar-refractivity contribution in [2.45, 2.75) is 13.5 Å². The number of amides is 1. The predicted octanol–water partition coefficient (Wildman–Crippen LogP) is 0.0864. The first-order valence-electron chi connectivity index (χ1n) is 7.50. The van der Waals surface area contributed by atoms with Crippen molar-refractivity contribution in [3.05, 3.63) is 50.9 Å². The highest BCUT2D eigenvalue weighted by Crippen LogP contribution is 2.20. The summed E-state index contributed by atoms with van der Waals surface area (Å²) in [7, 11) is 2.90. The van der Waals surface area contributed by atoms with Gasteiger partial charge in [-0.25, -0.2) is 9.78 Å². The lowest BCUT2D eigenvalue weighted by Gasteiger charge is -2.11. The summed E-state index contributed by atoms with van der Waals surface area (Å²) in [6, 6.07) is 4.61. The predicted molar refractivity (Wildman–Crippen MR) is 91.7 cm³/mol. The van der Waals surface area contributed by atoms with Gasteiger partial charge in [-0.15, -0.1) is 0 Å². The van der Waals surface area contributed by atoms with Crippen molar-refractivity contribution in [2.24, 2.45) is 14.1 Å². The van der Waals surface area contributed by atoms with Gasteiger partial charge in [0.1, 0.15) is 17.9 Å². The lowest BCUT2D eigenvalue weighted by molar-refractivity contribution is -0.116. The second-order valence-corrected chi connectivity index (χ2v) is 5.80. The van der Waals surface area contributed by atoms with Gasteiger partial charge in [0.05, 0.1) is 6.33 Å². The van der Waals surface area contributed by atoms with Gasteiger partial charge >= 0.3 is 5.69 Å². The van der Waals surface area contributed by atoms with Crippen LogP contribution in [0.5, 0.6) is 5.75 Å². The summed E-state index contributed by atoms with van der Waals surface area (Å²) in [4.78, 5) is 40.5. The maximum Gasteiger partial charge on any atom is 0.332 e. The van der Waals surface area contributed by atoms with Crippen LogP contribution in [0.1, 0.15) is 5.56 Å². The highest BCUT2D eigenvalue weighted by molar-refractivity contribution is 5.92. The van der Waals surface area contributed by atoms with Crippen LogP contribution in [0, 0.1) is 6.92 Å². The van der Waals surface area contributed by atoms with Crippen LogP contribution in [-0.4, -0.2) is 29.7 Å². The molecule has 9 nitrogen and oxygen atoms in total. The van der Waals surface area contributed by atoms with E-state index in [-0.39, 0.29) is 29.4 Å². The Morgan fingerprint density at radius 2 is 1.96 bits per heavy atom. The monoisotopic (exact) mass is 343 g/mol. The molecule has 130 valence electrons. The van der Waals surface area contributed by atoms with Crippen molar-refractivity contribution >= 4 is 22.8 Å². The summed E-state index contributed by atoms with van der Waals surface area (Å²) < 4.78 is 3.70. The van der Waals surface area contributed by atoms with Crippen molar-refractivity contribution in [1.82, 2.24) is 18.7 Å². The first-order chi connectivity index (χ1) is 11.8. The fourth-order valence-corrected chi connectivity index (χ4v) is 2.69. The Balaban J connectivity index is 1.94. The molecule has 0 saturated heterocycles. The molecule has 0 fully saturated rings. The molecule has 3 rings (SSSR count). The van der Waals surface area contributed by atoms with Gasteiger partial charge in [-0.2, -0.15) is 0 Å². The Labute approximate surface area is 141 Å². The fourth-order valence-electron chi connectivity index (χ4n) is 2.69. The van der Waals surface area contributed by atoms with Crippen LogP contribution < -0.4 is 16.6 Å². The van der Waals surface area contributed by atoms with Gasteiger partial charge in [0.2, 0.25) is 5.91 Å². The molecule has 1 amide bonds. The van der Waals surface area contributed by atoms with Crippen LogP contribution in [0.4, 0.5) is 5.69 Å². The van der Waals surface area contributed by atoms with Crippen molar-refractivity contribution in [3.63, 3.8) is 0 Å². The first kappa shape index (κ1) is 16.5. The van der Waals surface area contributed by atoms with Crippen molar-refractivity contribution in [2.75, 3.05) is 5.32 Å². The minimum atomic E-state index is -0.508. The highest BCUT2D eigenvalue weighted by atomic mass is 16.3. The van der Waals surface area contributed by atoms with E-state index in [2.05, 4.69) is 10.3 Å². The Morgan fingerprint density at radius 1 is 1.24 bits per heavy atom. The van der Waals surface area contributed by atoms with Gasteiger partial charge in [-0.3, -0.25) is 18.7 Å². The molecule has 0 aliphatic rings. The zero-order valence-corrected chi connectivity index (χ0v) is 14.0. The molecule has 2 aromatic heterocycles. The molecule has 0 atom stereocenters. The van der Waals surface area contributed by atoms with E-state index in [9.17, 15) is 19.5 Å². The maximum absolute atomic E-state index is 12.3. The number of fused-ring (bicyclic) bond motifs is 1. The topological polar surface area (TPSA) is 111 Å². The molecular weight excluding hydrogens is 326 g/mol. The van der Waals surface area contributed by atoms with E-state index in [4.69, 9.17) is 0 Å². The number of imidazole rings is 1. The number of aromatic nitrogens is 4. The van der Waals surface area contributed by atoms with Crippen LogP contribution >= 0.6 is 0 Å². The number of rotatable bonds is 3. The zero-order valence-electron chi connectivity index (χ0n) is 14.0. The van der Waals surface area contributed by atoms with Crippen LogP contribution in [0.2, 0.25) is 0 Å². The first-order valence-corrected chi connectivity index (χ1v) is 7.50. The lowest BCUT2D eigenvalue weighted by Crippen LogP contribution is -2.37. The highest BCUT2D eigenvalue weighted by Gasteiger charge is 2.16. The summed E-state index contributed by atoms with van der Waals surface area (Å²) in [5.41, 5.74) is 0.687. The third-order valence-electron chi connectivity index (χ3n) is 4.01. The minimum Gasteiger partial charge on any atom is -0.508 e. The normalized spacial score (nSPS) is 11.0. The molecule has 0 bridgehead atoms. The number of anilines is 1. The van der Waals surface area contributed by atoms with Crippen molar-refractivity contribution in [1.29, 1.82) is 0 Å². The number of aryl methyl sites for hydroxylation is 2. The van der Waals surface area contributed by atoms with Gasteiger partial charge in [-0.05, 0) is 30.7 Å². The minimum absolute atomic E-state index is 0.113. The van der Waals surface area contributed by atoms with Crippen molar-refractivity contribution < 1.29 is 9.90 Å². The number of carbonyl (C=O) groups excluding carboxylic acids is 1. The Kier molecular flexibility index (Phi) is 3.91. The van der Waals surface area contributed by atoms with Gasteiger partial charge in [0, 0.05) is 19.8 Å². The van der Waals surface area contributed by atoms with E-state index < -0.39 is 11.2 Å². The Morgan fingerprint density at radius 3 is 2.64 bits per heavy atom. The smallest absolute Gasteiger partial charge is 0.332 e. The standard InChI is InChI=1S/C16H17N5O4/c1-9-6-10(22)4-5-11(9)18-12(23)7-21-8-17-13-14(21)19(2)16(25)20(3)15(13)24/h4-6,8,22H,7H2,1-3H3,(H,18,23). The van der Waals surface area contributed by atoms with Gasteiger partial charge in [-0.1, -0.05) is 0 Å². The van der Waals surface area contributed by atoms with Gasteiger partial charge in [0.15, 0.2) is 5.52 Å². The average molecular weight is 343 g/mol. The molecule has 0 aliphatic heterocycles. The molecule has 0 radical (unpaired) electrons. The molecule has 0 aliphatic carbocycles. The van der Waals surface area contributed by atoms with Crippen LogP contribution in [-0.2, 0) is 25.4 Å². The summed E-state index contributed by atoms with van der Waals surface area (Å²) in [6.45, 7) is 1.65. The van der Waals surface area contributed by atoms with E-state index in [1.807, 2.05) is 0 Å². The fraction of sp³-hybridized carbons (Fsp3) is 0.250. The van der Waals surface area contributed by atoms with E-state index in [1.165, 1.54) is 41.7 Å². The van der Waals surface area contributed by atoms with E-state index in [0.29, 0.717) is 11.3 Å². The number of nitrogens with one attached hydrogen (secondary N) is 1. The SMILES string of the molecule is Cc1cc(O)ccc1NC(=O)Cn1cnc2c(=O)n(C)c(=O)n(C)c21. The lowest BCUT2D eigenvalue weighted by atomic mass is 10.2. The van der Waals surface area contributed by atoms with E-state index in [0.717, 1.165) is 4.57 Å². The number of hydrogen-bond acceptors (Lipinski definition) is 5. The number of aromatic hydroxyl groups is 1. The summed E-state index contributed by atoms with van der Waals surface area (Å²) >= 11 is 0. The largest absolute Gasteiger partial charge is 0.508 e. The third kappa shape index (κ3) is 2.80. The van der Waals surface area contributed by atoms with Crippen LogP contribution in [0.25, 0.3) is 11.2 Å². The molecule has 25 heavy (non-hydrogen) atoms. The summed E-state index contributed by atoms with van der Waals surface area (Å²) in [6.07, 6.45) is 1.36. The van der Waals surface area contributed by atoms with Crippen LogP contribution in [0.15, 0.2) is 34.1 Å². The molecule has 0 spiro atoms. The van der Waals surface area contributed by atoms with E-state index >= 15 is 0 Å². The number of benzene rings is 1. The Hall–Kier alpha value is -3.36. The second-order valence-electron chi connectivity index (χ2n) is 5.80. The van der Waals surface area contributed by atoms with Gasteiger partial charge < -0.3 is 15.0 Å². The zero-order chi connectivity index (χ0) is 18.3. The summed E-state index contributed by atoms with van der Waals surface area (Å²) in [5, 5.41) is 12.1. The number of hydrogen-bond donors (Lipinski definition) is 2. The van der Waals surface area contributed by atoms with Crippen LogP contribution in [0.3, 0.4) is 0 Å². The number of nitrogens with zero attached hydrogens (tertiary/aromatic N) is 4. The molecule has 1 aromatic carbocycles. The Bertz CT molecular complexity index is 1110. The molecule has 0 saturated carbocycles. The molecule has 0 unspecified atom stereocenters. The second kappa shape index (κ2) is 5.93. The van der Waals surface area contributed by atoms with E-state index in [1.54, 1.807) is 13.0 Å². The van der Waals surface area contributed by atoms with Gasteiger partial charge in [0.25, 0.3) is 5.56 Å². The molecule has 2 N–H and O–H groups in total. The molecular formula is C16H17N5O4. The number of phenols is 1.